The standard InChI is InChI=1S/C19H22N2O7S/c1-14(18(22)21-8-11-26-12-9-21)28-19(23)15-4-6-17(7-5-15)29(24,25)20-13-16-3-2-10-27-16/h2-7,10,14,20H,8-9,11-13H2,1H3. The van der Waals surface area contributed by atoms with E-state index in [2.05, 4.69) is 4.72 Å². The molecule has 1 aliphatic heterocycles. The highest BCUT2D eigenvalue weighted by Gasteiger charge is 2.26. The molecule has 0 radical (unpaired) electrons. The summed E-state index contributed by atoms with van der Waals surface area (Å²) >= 11 is 0. The Morgan fingerprint density at radius 2 is 1.86 bits per heavy atom. The lowest BCUT2D eigenvalue weighted by molar-refractivity contribution is -0.143. The summed E-state index contributed by atoms with van der Waals surface area (Å²) in [7, 11) is -3.76. The summed E-state index contributed by atoms with van der Waals surface area (Å²) in [5.41, 5.74) is 0.150. The fraction of sp³-hybridized carbons (Fsp3) is 0.368. The van der Waals surface area contributed by atoms with Gasteiger partial charge in [-0.2, -0.15) is 0 Å². The number of rotatable bonds is 7. The molecule has 1 N–H and O–H groups in total. The van der Waals surface area contributed by atoms with Crippen molar-refractivity contribution in [1.82, 2.24) is 9.62 Å². The Morgan fingerprint density at radius 1 is 1.17 bits per heavy atom. The molecule has 1 aliphatic rings. The highest BCUT2D eigenvalue weighted by Crippen LogP contribution is 2.14. The number of amides is 1. The van der Waals surface area contributed by atoms with E-state index in [9.17, 15) is 18.0 Å². The highest BCUT2D eigenvalue weighted by molar-refractivity contribution is 7.89. The molecule has 29 heavy (non-hydrogen) atoms. The number of nitrogens with zero attached hydrogens (tertiary/aromatic N) is 1. The molecular weight excluding hydrogens is 400 g/mol. The lowest BCUT2D eigenvalue weighted by Crippen LogP contribution is -2.46. The van der Waals surface area contributed by atoms with Crippen molar-refractivity contribution < 1.29 is 31.9 Å². The van der Waals surface area contributed by atoms with Gasteiger partial charge in [-0.3, -0.25) is 4.79 Å². The fourth-order valence-electron chi connectivity index (χ4n) is 2.75. The minimum absolute atomic E-state index is 0.00181. The molecule has 2 heterocycles. The average Bonchev–Trinajstić information content (AvgIpc) is 3.26. The molecular formula is C19H22N2O7S. The average molecular weight is 422 g/mol. The number of nitrogens with one attached hydrogen (secondary N) is 1. The normalized spacial score (nSPS) is 15.7. The largest absolute Gasteiger partial charge is 0.468 e. The van der Waals surface area contributed by atoms with E-state index in [0.29, 0.717) is 32.1 Å². The minimum Gasteiger partial charge on any atom is -0.468 e. The van der Waals surface area contributed by atoms with E-state index in [4.69, 9.17) is 13.9 Å². The first-order chi connectivity index (χ1) is 13.9. The lowest BCUT2D eigenvalue weighted by Gasteiger charge is -2.28. The van der Waals surface area contributed by atoms with E-state index >= 15 is 0 Å². The quantitative estimate of drug-likeness (QED) is 0.666. The van der Waals surface area contributed by atoms with Crippen molar-refractivity contribution >= 4 is 21.9 Å². The Balaban J connectivity index is 1.58. The number of carbonyl (C=O) groups excluding carboxylic acids is 2. The number of ether oxygens (including phenoxy) is 2. The van der Waals surface area contributed by atoms with Crippen LogP contribution >= 0.6 is 0 Å². The van der Waals surface area contributed by atoms with Gasteiger partial charge in [0.1, 0.15) is 5.76 Å². The van der Waals surface area contributed by atoms with Crippen molar-refractivity contribution in [3.8, 4) is 0 Å². The predicted octanol–water partition coefficient (Wildman–Crippen LogP) is 1.16. The van der Waals surface area contributed by atoms with Crippen LogP contribution in [0.3, 0.4) is 0 Å². The molecule has 1 atom stereocenters. The zero-order valence-electron chi connectivity index (χ0n) is 15.9. The van der Waals surface area contributed by atoms with E-state index in [-0.39, 0.29) is 22.9 Å². The van der Waals surface area contributed by atoms with Crippen molar-refractivity contribution in [2.75, 3.05) is 26.3 Å². The van der Waals surface area contributed by atoms with Crippen LogP contribution < -0.4 is 4.72 Å². The Kier molecular flexibility index (Phi) is 6.68. The van der Waals surface area contributed by atoms with Gasteiger partial charge in [0.05, 0.1) is 36.5 Å². The molecule has 0 saturated carbocycles. The number of hydrogen-bond acceptors (Lipinski definition) is 7. The van der Waals surface area contributed by atoms with Gasteiger partial charge in [-0.15, -0.1) is 0 Å². The number of furan rings is 1. The lowest BCUT2D eigenvalue weighted by atomic mass is 10.2. The number of carbonyl (C=O) groups is 2. The van der Waals surface area contributed by atoms with Gasteiger partial charge in [-0.05, 0) is 43.3 Å². The molecule has 10 heteroatoms. The minimum atomic E-state index is -3.76. The molecule has 1 saturated heterocycles. The Labute approximate surface area is 168 Å². The third kappa shape index (κ3) is 5.43. The second kappa shape index (κ2) is 9.21. The maximum atomic E-state index is 12.3. The maximum Gasteiger partial charge on any atom is 0.338 e. The third-order valence-corrected chi connectivity index (χ3v) is 5.79. The van der Waals surface area contributed by atoms with Crippen molar-refractivity contribution in [2.24, 2.45) is 0 Å². The monoisotopic (exact) mass is 422 g/mol. The molecule has 0 aliphatic carbocycles. The van der Waals surface area contributed by atoms with Crippen LogP contribution in [0.1, 0.15) is 23.0 Å². The molecule has 3 rings (SSSR count). The number of sulfonamides is 1. The summed E-state index contributed by atoms with van der Waals surface area (Å²) in [6.07, 6.45) is 0.508. The molecule has 1 aromatic heterocycles. The van der Waals surface area contributed by atoms with E-state index in [0.717, 1.165) is 0 Å². The first kappa shape index (κ1) is 21.0. The van der Waals surface area contributed by atoms with Gasteiger partial charge in [0.15, 0.2) is 6.10 Å². The van der Waals surface area contributed by atoms with Crippen molar-refractivity contribution in [2.45, 2.75) is 24.5 Å². The van der Waals surface area contributed by atoms with Gasteiger partial charge in [-0.1, -0.05) is 0 Å². The van der Waals surface area contributed by atoms with Crippen molar-refractivity contribution in [1.29, 1.82) is 0 Å². The first-order valence-electron chi connectivity index (χ1n) is 9.06. The SMILES string of the molecule is CC(OC(=O)c1ccc(S(=O)(=O)NCc2ccco2)cc1)C(=O)N1CCOCC1. The van der Waals surface area contributed by atoms with Crippen LogP contribution in [0.15, 0.2) is 52.0 Å². The van der Waals surface area contributed by atoms with Crippen LogP contribution in [-0.2, 0) is 30.8 Å². The van der Waals surface area contributed by atoms with Gasteiger partial charge in [0, 0.05) is 13.1 Å². The zero-order chi connectivity index (χ0) is 20.9. The summed E-state index contributed by atoms with van der Waals surface area (Å²) in [4.78, 5) is 26.2. The second-order valence-electron chi connectivity index (χ2n) is 6.41. The first-order valence-corrected chi connectivity index (χ1v) is 10.5. The van der Waals surface area contributed by atoms with Crippen LogP contribution in [0.4, 0.5) is 0 Å². The topological polar surface area (TPSA) is 115 Å². The van der Waals surface area contributed by atoms with Gasteiger partial charge >= 0.3 is 5.97 Å². The molecule has 1 aromatic carbocycles. The van der Waals surface area contributed by atoms with Crippen molar-refractivity contribution in [3.63, 3.8) is 0 Å². The molecule has 1 unspecified atom stereocenters. The summed E-state index contributed by atoms with van der Waals surface area (Å²) in [6, 6.07) is 8.60. The maximum absolute atomic E-state index is 12.3. The Morgan fingerprint density at radius 3 is 2.48 bits per heavy atom. The van der Waals surface area contributed by atoms with Gasteiger partial charge in [0.25, 0.3) is 5.91 Å². The van der Waals surface area contributed by atoms with Gasteiger partial charge in [0.2, 0.25) is 10.0 Å². The highest BCUT2D eigenvalue weighted by atomic mass is 32.2. The van der Waals surface area contributed by atoms with Crippen molar-refractivity contribution in [3.05, 3.63) is 54.0 Å². The Bertz CT molecular complexity index is 933. The smallest absolute Gasteiger partial charge is 0.338 e. The Hall–Kier alpha value is -2.69. The van der Waals surface area contributed by atoms with Gasteiger partial charge in [-0.25, -0.2) is 17.9 Å². The fourth-order valence-corrected chi connectivity index (χ4v) is 3.75. The summed E-state index contributed by atoms with van der Waals surface area (Å²) in [6.45, 7) is 3.34. The van der Waals surface area contributed by atoms with E-state index < -0.39 is 22.1 Å². The molecule has 9 nitrogen and oxygen atoms in total. The third-order valence-electron chi connectivity index (χ3n) is 4.37. The van der Waals surface area contributed by atoms with Crippen LogP contribution in [0, 0.1) is 0 Å². The van der Waals surface area contributed by atoms with E-state index in [1.807, 2.05) is 0 Å². The van der Waals surface area contributed by atoms with Crippen LogP contribution in [0.5, 0.6) is 0 Å². The number of morpholine rings is 1. The predicted molar refractivity (Wildman–Crippen MR) is 101 cm³/mol. The van der Waals surface area contributed by atoms with Crippen LogP contribution in [-0.4, -0.2) is 57.6 Å². The molecule has 156 valence electrons. The molecule has 2 aromatic rings. The molecule has 1 fully saturated rings. The summed E-state index contributed by atoms with van der Waals surface area (Å²) in [5, 5.41) is 0. The second-order valence-corrected chi connectivity index (χ2v) is 8.18. The summed E-state index contributed by atoms with van der Waals surface area (Å²) < 4.78 is 42.6. The molecule has 0 bridgehead atoms. The van der Waals surface area contributed by atoms with E-state index in [1.54, 1.807) is 17.0 Å². The molecule has 0 spiro atoms. The van der Waals surface area contributed by atoms with Gasteiger partial charge < -0.3 is 18.8 Å². The number of esters is 1. The number of benzene rings is 1. The summed E-state index contributed by atoms with van der Waals surface area (Å²) in [5.74, 6) is -0.512. The van der Waals surface area contributed by atoms with Crippen LogP contribution in [0.2, 0.25) is 0 Å². The van der Waals surface area contributed by atoms with E-state index in [1.165, 1.54) is 37.5 Å². The molecule has 1 amide bonds. The number of hydrogen-bond donors (Lipinski definition) is 1. The van der Waals surface area contributed by atoms with Crippen LogP contribution in [0.25, 0.3) is 0 Å². The zero-order valence-corrected chi connectivity index (χ0v) is 16.7.